The van der Waals surface area contributed by atoms with Crippen molar-refractivity contribution in [3.63, 3.8) is 0 Å². The SMILES string of the molecule is CC(=O)Oc1c(C)cc2c(c1O)C(=O)c1c(O)cc(O)cc1C2=O. The standard InChI is InChI=1S/C17H12O7/c1-6-3-9-13(16(23)17(6)24-7(2)18)15(22)12-10(14(9)21)4-8(19)5-11(12)20/h3-5,19-20,23H,1-2H3. The zero-order valence-corrected chi connectivity index (χ0v) is 12.7. The molecule has 0 saturated carbocycles. The fourth-order valence-electron chi connectivity index (χ4n) is 2.76. The number of ketones is 2. The fraction of sp³-hybridized carbons (Fsp3) is 0.118. The lowest BCUT2D eigenvalue weighted by atomic mass is 9.82. The van der Waals surface area contributed by atoms with Gasteiger partial charge in [-0.1, -0.05) is 0 Å². The Morgan fingerprint density at radius 2 is 1.58 bits per heavy atom. The summed E-state index contributed by atoms with van der Waals surface area (Å²) in [6, 6.07) is 3.31. The van der Waals surface area contributed by atoms with Crippen molar-refractivity contribution in [1.29, 1.82) is 0 Å². The average molecular weight is 328 g/mol. The van der Waals surface area contributed by atoms with Crippen molar-refractivity contribution in [3.05, 3.63) is 46.0 Å². The molecule has 2 aromatic rings. The van der Waals surface area contributed by atoms with Gasteiger partial charge in [0.2, 0.25) is 5.78 Å². The number of rotatable bonds is 1. The van der Waals surface area contributed by atoms with Crippen LogP contribution in [0.25, 0.3) is 0 Å². The van der Waals surface area contributed by atoms with Crippen LogP contribution in [0.4, 0.5) is 0 Å². The molecule has 122 valence electrons. The van der Waals surface area contributed by atoms with Crippen molar-refractivity contribution in [1.82, 2.24) is 0 Å². The van der Waals surface area contributed by atoms with Crippen molar-refractivity contribution in [2.24, 2.45) is 0 Å². The smallest absolute Gasteiger partial charge is 0.308 e. The Hall–Kier alpha value is -3.35. The number of hydrogen-bond donors (Lipinski definition) is 3. The Balaban J connectivity index is 2.33. The molecule has 24 heavy (non-hydrogen) atoms. The molecule has 0 radical (unpaired) electrons. The first kappa shape index (κ1) is 15.5. The van der Waals surface area contributed by atoms with Gasteiger partial charge < -0.3 is 20.1 Å². The van der Waals surface area contributed by atoms with Gasteiger partial charge in [-0.05, 0) is 24.6 Å². The van der Waals surface area contributed by atoms with Gasteiger partial charge in [0.25, 0.3) is 0 Å². The molecule has 1 aliphatic carbocycles. The van der Waals surface area contributed by atoms with E-state index in [0.29, 0.717) is 0 Å². The maximum atomic E-state index is 12.7. The van der Waals surface area contributed by atoms with E-state index in [1.807, 2.05) is 0 Å². The molecule has 0 saturated heterocycles. The van der Waals surface area contributed by atoms with Crippen molar-refractivity contribution >= 4 is 17.5 Å². The number of phenols is 3. The van der Waals surface area contributed by atoms with Crippen LogP contribution in [0.2, 0.25) is 0 Å². The maximum absolute atomic E-state index is 12.7. The normalized spacial score (nSPS) is 12.6. The monoisotopic (exact) mass is 328 g/mol. The quantitative estimate of drug-likeness (QED) is 0.460. The maximum Gasteiger partial charge on any atom is 0.308 e. The van der Waals surface area contributed by atoms with Gasteiger partial charge in [0.05, 0.1) is 11.1 Å². The van der Waals surface area contributed by atoms with Crippen molar-refractivity contribution in [3.8, 4) is 23.0 Å². The third-order valence-electron chi connectivity index (χ3n) is 3.73. The first-order valence-corrected chi connectivity index (χ1v) is 6.92. The second-order valence-electron chi connectivity index (χ2n) is 5.43. The van der Waals surface area contributed by atoms with Gasteiger partial charge in [-0.3, -0.25) is 14.4 Å². The zero-order valence-electron chi connectivity index (χ0n) is 12.7. The molecule has 0 amide bonds. The number of aryl methyl sites for hydroxylation is 1. The van der Waals surface area contributed by atoms with Gasteiger partial charge in [-0.2, -0.15) is 0 Å². The molecule has 7 nitrogen and oxygen atoms in total. The highest BCUT2D eigenvalue weighted by molar-refractivity contribution is 6.30. The van der Waals surface area contributed by atoms with Gasteiger partial charge >= 0.3 is 5.97 Å². The van der Waals surface area contributed by atoms with Crippen LogP contribution in [-0.4, -0.2) is 32.9 Å². The van der Waals surface area contributed by atoms with E-state index in [1.165, 1.54) is 13.0 Å². The molecule has 0 spiro atoms. The van der Waals surface area contributed by atoms with Gasteiger partial charge in [-0.15, -0.1) is 0 Å². The van der Waals surface area contributed by atoms with Crippen molar-refractivity contribution in [2.75, 3.05) is 0 Å². The van der Waals surface area contributed by atoms with E-state index in [0.717, 1.165) is 19.1 Å². The predicted octanol–water partition coefficient (Wildman–Crippen LogP) is 1.81. The summed E-state index contributed by atoms with van der Waals surface area (Å²) >= 11 is 0. The molecule has 7 heteroatoms. The van der Waals surface area contributed by atoms with E-state index in [2.05, 4.69) is 0 Å². The Morgan fingerprint density at radius 3 is 2.21 bits per heavy atom. The Morgan fingerprint density at radius 1 is 0.958 bits per heavy atom. The number of esters is 1. The largest absolute Gasteiger partial charge is 0.508 e. The summed E-state index contributed by atoms with van der Waals surface area (Å²) in [7, 11) is 0. The van der Waals surface area contributed by atoms with Gasteiger partial charge in [0.15, 0.2) is 17.3 Å². The molecular formula is C17H12O7. The van der Waals surface area contributed by atoms with E-state index in [-0.39, 0.29) is 39.3 Å². The zero-order chi connectivity index (χ0) is 17.8. The molecule has 3 rings (SSSR count). The molecule has 0 aliphatic heterocycles. The van der Waals surface area contributed by atoms with Crippen LogP contribution in [0.5, 0.6) is 23.0 Å². The third kappa shape index (κ3) is 2.10. The van der Waals surface area contributed by atoms with Crippen LogP contribution in [0, 0.1) is 6.92 Å². The number of aromatic hydroxyl groups is 3. The summed E-state index contributed by atoms with van der Waals surface area (Å²) in [4.78, 5) is 36.4. The summed E-state index contributed by atoms with van der Waals surface area (Å²) in [5.74, 6) is -3.95. The number of fused-ring (bicyclic) bond motifs is 2. The van der Waals surface area contributed by atoms with Crippen molar-refractivity contribution < 1.29 is 34.4 Å². The average Bonchev–Trinajstić information content (AvgIpc) is 2.47. The number of phenolic OH excluding ortho intramolecular Hbond substituents is 3. The summed E-state index contributed by atoms with van der Waals surface area (Å²) in [5, 5.41) is 29.8. The molecular weight excluding hydrogens is 316 g/mol. The molecule has 0 aromatic heterocycles. The lowest BCUT2D eigenvalue weighted by Gasteiger charge is -2.21. The number of hydrogen-bond acceptors (Lipinski definition) is 7. The highest BCUT2D eigenvalue weighted by atomic mass is 16.5. The van der Waals surface area contributed by atoms with E-state index in [4.69, 9.17) is 4.74 Å². The molecule has 0 fully saturated rings. The molecule has 0 unspecified atom stereocenters. The van der Waals surface area contributed by atoms with Crippen LogP contribution < -0.4 is 4.74 Å². The number of benzene rings is 2. The first-order valence-electron chi connectivity index (χ1n) is 6.92. The topological polar surface area (TPSA) is 121 Å². The summed E-state index contributed by atoms with van der Waals surface area (Å²) < 4.78 is 4.91. The number of carbonyl (C=O) groups excluding carboxylic acids is 3. The molecule has 0 heterocycles. The van der Waals surface area contributed by atoms with Gasteiger partial charge in [-0.25, -0.2) is 0 Å². The number of carbonyl (C=O) groups is 3. The Bertz CT molecular complexity index is 941. The summed E-state index contributed by atoms with van der Waals surface area (Å²) in [6.07, 6.45) is 0. The summed E-state index contributed by atoms with van der Waals surface area (Å²) in [6.45, 7) is 2.64. The molecule has 0 atom stereocenters. The van der Waals surface area contributed by atoms with E-state index in [1.54, 1.807) is 0 Å². The van der Waals surface area contributed by atoms with Crippen molar-refractivity contribution in [2.45, 2.75) is 13.8 Å². The minimum Gasteiger partial charge on any atom is -0.508 e. The lowest BCUT2D eigenvalue weighted by molar-refractivity contribution is -0.132. The third-order valence-corrected chi connectivity index (χ3v) is 3.73. The van der Waals surface area contributed by atoms with Crippen LogP contribution in [0.3, 0.4) is 0 Å². The van der Waals surface area contributed by atoms with Crippen LogP contribution >= 0.6 is 0 Å². The van der Waals surface area contributed by atoms with Crippen LogP contribution in [-0.2, 0) is 4.79 Å². The van der Waals surface area contributed by atoms with E-state index in [9.17, 15) is 29.7 Å². The Labute approximate surface area is 135 Å². The van der Waals surface area contributed by atoms with Gasteiger partial charge in [0, 0.05) is 24.1 Å². The van der Waals surface area contributed by atoms with E-state index < -0.39 is 29.0 Å². The fourth-order valence-corrected chi connectivity index (χ4v) is 2.76. The minimum absolute atomic E-state index is 0.0941. The molecule has 1 aliphatic rings. The number of ether oxygens (including phenoxy) is 1. The highest BCUT2D eigenvalue weighted by Crippen LogP contribution is 2.43. The Kier molecular flexibility index (Phi) is 3.30. The minimum atomic E-state index is -0.803. The summed E-state index contributed by atoms with van der Waals surface area (Å²) in [5.41, 5.74) is -0.642. The molecule has 3 N–H and O–H groups in total. The predicted molar refractivity (Wildman–Crippen MR) is 80.8 cm³/mol. The first-order chi connectivity index (χ1) is 11.2. The second-order valence-corrected chi connectivity index (χ2v) is 5.43. The molecule has 2 aromatic carbocycles. The van der Waals surface area contributed by atoms with Crippen LogP contribution in [0.1, 0.15) is 44.3 Å². The second kappa shape index (κ2) is 5.09. The lowest BCUT2D eigenvalue weighted by Crippen LogP contribution is -2.22. The molecule has 0 bridgehead atoms. The van der Waals surface area contributed by atoms with Gasteiger partial charge in [0.1, 0.15) is 11.5 Å². The van der Waals surface area contributed by atoms with Crippen LogP contribution in [0.15, 0.2) is 18.2 Å². The van der Waals surface area contributed by atoms with E-state index >= 15 is 0 Å². The highest BCUT2D eigenvalue weighted by Gasteiger charge is 2.36.